The number of nitrogens with two attached hydrogens (primary N) is 1. The third-order valence-electron chi connectivity index (χ3n) is 3.66. The summed E-state index contributed by atoms with van der Waals surface area (Å²) in [5.74, 6) is 0.562. The van der Waals surface area contributed by atoms with Crippen LogP contribution in [-0.4, -0.2) is 31.8 Å². The fraction of sp³-hybridized carbons (Fsp3) is 1.00. The minimum atomic E-state index is 0.268. The monoisotopic (exact) mass is 214 g/mol. The largest absolute Gasteiger partial charge is 0.378 e. The van der Waals surface area contributed by atoms with E-state index in [4.69, 9.17) is 10.5 Å². The summed E-state index contributed by atoms with van der Waals surface area (Å²) < 4.78 is 5.69. The van der Waals surface area contributed by atoms with Gasteiger partial charge in [0.2, 0.25) is 0 Å². The van der Waals surface area contributed by atoms with E-state index in [1.807, 2.05) is 0 Å². The van der Waals surface area contributed by atoms with Crippen LogP contribution in [0.25, 0.3) is 0 Å². The van der Waals surface area contributed by atoms with Gasteiger partial charge in [0.25, 0.3) is 0 Å². The zero-order chi connectivity index (χ0) is 11.5. The number of hydrogen-bond acceptors (Lipinski definition) is 3. The van der Waals surface area contributed by atoms with Gasteiger partial charge in [0, 0.05) is 18.1 Å². The molecule has 1 fully saturated rings. The molecule has 3 nitrogen and oxygen atoms in total. The molecule has 0 aliphatic heterocycles. The van der Waals surface area contributed by atoms with Crippen LogP contribution in [0.3, 0.4) is 0 Å². The Hall–Kier alpha value is -0.120. The van der Waals surface area contributed by atoms with Crippen molar-refractivity contribution < 1.29 is 4.74 Å². The molecule has 3 atom stereocenters. The van der Waals surface area contributed by atoms with Crippen molar-refractivity contribution in [3.05, 3.63) is 0 Å². The van der Waals surface area contributed by atoms with E-state index >= 15 is 0 Å². The Labute approximate surface area is 93.8 Å². The molecule has 3 unspecified atom stereocenters. The number of nitrogens with one attached hydrogen (secondary N) is 1. The van der Waals surface area contributed by atoms with E-state index in [1.54, 1.807) is 0 Å². The molecule has 1 saturated carbocycles. The molecule has 0 aromatic carbocycles. The molecule has 0 amide bonds. The van der Waals surface area contributed by atoms with Crippen LogP contribution in [0.4, 0.5) is 0 Å². The molecule has 0 aromatic heterocycles. The average Bonchev–Trinajstić information content (AvgIpc) is 2.21. The Bertz CT molecular complexity index is 194. The zero-order valence-corrected chi connectivity index (χ0v) is 10.5. The van der Waals surface area contributed by atoms with Crippen LogP contribution in [0.1, 0.15) is 34.1 Å². The molecule has 1 aliphatic carbocycles. The van der Waals surface area contributed by atoms with E-state index in [9.17, 15) is 0 Å². The van der Waals surface area contributed by atoms with Crippen molar-refractivity contribution in [2.45, 2.75) is 46.3 Å². The van der Waals surface area contributed by atoms with Crippen LogP contribution in [0.15, 0.2) is 0 Å². The summed E-state index contributed by atoms with van der Waals surface area (Å²) in [6.45, 7) is 11.4. The normalized spacial score (nSPS) is 31.0. The van der Waals surface area contributed by atoms with Crippen molar-refractivity contribution in [2.24, 2.45) is 17.1 Å². The van der Waals surface area contributed by atoms with Crippen molar-refractivity contribution in [3.63, 3.8) is 0 Å². The highest BCUT2D eigenvalue weighted by Gasteiger charge is 2.48. The lowest BCUT2D eigenvalue weighted by molar-refractivity contribution is -0.114. The Morgan fingerprint density at radius 2 is 2.20 bits per heavy atom. The van der Waals surface area contributed by atoms with Gasteiger partial charge in [0.15, 0.2) is 0 Å². The Kier molecular flexibility index (Phi) is 4.56. The van der Waals surface area contributed by atoms with Gasteiger partial charge in [-0.25, -0.2) is 0 Å². The fourth-order valence-electron chi connectivity index (χ4n) is 2.14. The second-order valence-electron chi connectivity index (χ2n) is 5.30. The number of rotatable bonds is 6. The molecule has 15 heavy (non-hydrogen) atoms. The lowest BCUT2D eigenvalue weighted by Gasteiger charge is -2.52. The first-order valence-electron chi connectivity index (χ1n) is 6.07. The second-order valence-corrected chi connectivity index (χ2v) is 5.30. The minimum absolute atomic E-state index is 0.268. The van der Waals surface area contributed by atoms with Crippen molar-refractivity contribution in [3.8, 4) is 0 Å². The van der Waals surface area contributed by atoms with E-state index < -0.39 is 0 Å². The Morgan fingerprint density at radius 3 is 2.67 bits per heavy atom. The summed E-state index contributed by atoms with van der Waals surface area (Å²) in [6, 6.07) is 0.586. The van der Waals surface area contributed by atoms with Gasteiger partial charge >= 0.3 is 0 Å². The van der Waals surface area contributed by atoms with Crippen LogP contribution in [0, 0.1) is 11.3 Å². The third-order valence-corrected chi connectivity index (χ3v) is 3.66. The van der Waals surface area contributed by atoms with Gasteiger partial charge in [-0.3, -0.25) is 0 Å². The molecule has 0 bridgehead atoms. The predicted molar refractivity (Wildman–Crippen MR) is 63.8 cm³/mol. The van der Waals surface area contributed by atoms with Crippen LogP contribution in [0.5, 0.6) is 0 Å². The first-order valence-corrected chi connectivity index (χ1v) is 6.07. The van der Waals surface area contributed by atoms with Crippen molar-refractivity contribution >= 4 is 0 Å². The minimum Gasteiger partial charge on any atom is -0.378 e. The molecule has 1 aliphatic rings. The smallest absolute Gasteiger partial charge is 0.0655 e. The van der Waals surface area contributed by atoms with E-state index in [1.165, 1.54) is 0 Å². The van der Waals surface area contributed by atoms with Gasteiger partial charge in [-0.2, -0.15) is 0 Å². The fourth-order valence-corrected chi connectivity index (χ4v) is 2.14. The van der Waals surface area contributed by atoms with E-state index in [-0.39, 0.29) is 5.41 Å². The standard InChI is InChI=1S/C12H26N2O/c1-5-15-11-6-10(12(11,3)4)14-8-9(2)7-13/h9-11,14H,5-8,13H2,1-4H3. The molecule has 1 rings (SSSR count). The highest BCUT2D eigenvalue weighted by Crippen LogP contribution is 2.42. The summed E-state index contributed by atoms with van der Waals surface area (Å²) in [5, 5.41) is 3.59. The van der Waals surface area contributed by atoms with E-state index in [2.05, 4.69) is 33.0 Å². The van der Waals surface area contributed by atoms with Gasteiger partial charge in [-0.15, -0.1) is 0 Å². The zero-order valence-electron chi connectivity index (χ0n) is 10.5. The average molecular weight is 214 g/mol. The van der Waals surface area contributed by atoms with E-state index in [0.717, 1.165) is 26.1 Å². The van der Waals surface area contributed by atoms with Crippen LogP contribution < -0.4 is 11.1 Å². The second kappa shape index (κ2) is 5.28. The summed E-state index contributed by atoms with van der Waals surface area (Å²) in [5.41, 5.74) is 5.86. The van der Waals surface area contributed by atoms with Crippen LogP contribution >= 0.6 is 0 Å². The SMILES string of the molecule is CCOC1CC(NCC(C)CN)C1(C)C. The maximum atomic E-state index is 5.69. The van der Waals surface area contributed by atoms with Gasteiger partial charge in [0.1, 0.15) is 0 Å². The maximum absolute atomic E-state index is 5.69. The number of ether oxygens (including phenoxy) is 1. The molecular weight excluding hydrogens is 188 g/mol. The third kappa shape index (κ3) is 2.92. The number of hydrogen-bond donors (Lipinski definition) is 2. The highest BCUT2D eigenvalue weighted by molar-refractivity contribution is 5.02. The lowest BCUT2D eigenvalue weighted by atomic mass is 9.64. The first kappa shape index (κ1) is 12.9. The quantitative estimate of drug-likeness (QED) is 0.702. The lowest BCUT2D eigenvalue weighted by Crippen LogP contribution is -2.61. The molecule has 90 valence electrons. The molecule has 0 radical (unpaired) electrons. The van der Waals surface area contributed by atoms with E-state index in [0.29, 0.717) is 18.1 Å². The molecule has 3 heteroatoms. The van der Waals surface area contributed by atoms with Crippen molar-refractivity contribution in [2.75, 3.05) is 19.7 Å². The van der Waals surface area contributed by atoms with Gasteiger partial charge in [-0.05, 0) is 32.4 Å². The summed E-state index contributed by atoms with van der Waals surface area (Å²) >= 11 is 0. The molecule has 0 heterocycles. The summed E-state index contributed by atoms with van der Waals surface area (Å²) in [4.78, 5) is 0. The molecule has 0 aromatic rings. The van der Waals surface area contributed by atoms with Crippen LogP contribution in [0.2, 0.25) is 0 Å². The van der Waals surface area contributed by atoms with Gasteiger partial charge in [-0.1, -0.05) is 20.8 Å². The summed E-state index contributed by atoms with van der Waals surface area (Å²) in [7, 11) is 0. The molecule has 3 N–H and O–H groups in total. The first-order chi connectivity index (χ1) is 7.02. The molecular formula is C12H26N2O. The van der Waals surface area contributed by atoms with Crippen LogP contribution in [-0.2, 0) is 4.74 Å². The van der Waals surface area contributed by atoms with Gasteiger partial charge < -0.3 is 15.8 Å². The maximum Gasteiger partial charge on any atom is 0.0655 e. The Morgan fingerprint density at radius 1 is 1.53 bits per heavy atom. The molecule has 0 spiro atoms. The molecule has 0 saturated heterocycles. The topological polar surface area (TPSA) is 47.3 Å². The Balaban J connectivity index is 2.29. The highest BCUT2D eigenvalue weighted by atomic mass is 16.5. The summed E-state index contributed by atoms with van der Waals surface area (Å²) in [6.07, 6.45) is 1.56. The van der Waals surface area contributed by atoms with Crippen molar-refractivity contribution in [1.82, 2.24) is 5.32 Å². The van der Waals surface area contributed by atoms with Gasteiger partial charge in [0.05, 0.1) is 6.10 Å². The van der Waals surface area contributed by atoms with Crippen molar-refractivity contribution in [1.29, 1.82) is 0 Å². The predicted octanol–water partition coefficient (Wildman–Crippen LogP) is 1.37.